The van der Waals surface area contributed by atoms with Gasteiger partial charge in [-0.25, -0.2) is 8.78 Å². The molecule has 0 spiro atoms. The average Bonchev–Trinajstić information content (AvgIpc) is 2.34. The lowest BCUT2D eigenvalue weighted by molar-refractivity contribution is -0.121. The van der Waals surface area contributed by atoms with Crippen LogP contribution in [0.15, 0.2) is 18.2 Å². The van der Waals surface area contributed by atoms with E-state index in [9.17, 15) is 13.6 Å². The summed E-state index contributed by atoms with van der Waals surface area (Å²) in [5.74, 6) is -1.68. The summed E-state index contributed by atoms with van der Waals surface area (Å²) in [6.07, 6.45) is 1.43. The highest BCUT2D eigenvalue weighted by atomic mass is 19.1. The van der Waals surface area contributed by atoms with Crippen molar-refractivity contribution in [2.24, 2.45) is 0 Å². The molecule has 2 N–H and O–H groups in total. The molecule has 1 saturated heterocycles. The van der Waals surface area contributed by atoms with E-state index < -0.39 is 11.6 Å². The van der Waals surface area contributed by atoms with Gasteiger partial charge in [0.05, 0.1) is 6.42 Å². The van der Waals surface area contributed by atoms with E-state index in [0.29, 0.717) is 6.04 Å². The van der Waals surface area contributed by atoms with Gasteiger partial charge in [0.1, 0.15) is 11.6 Å². The van der Waals surface area contributed by atoms with Gasteiger partial charge in [-0.15, -0.1) is 0 Å². The quantitative estimate of drug-likeness (QED) is 0.877. The number of nitrogens with one attached hydrogen (secondary N) is 2. The Hall–Kier alpha value is -1.49. The van der Waals surface area contributed by atoms with E-state index >= 15 is 0 Å². The van der Waals surface area contributed by atoms with Crippen molar-refractivity contribution in [3.05, 3.63) is 35.4 Å². The molecule has 0 saturated carbocycles. The first-order valence-electron chi connectivity index (χ1n) is 6.52. The van der Waals surface area contributed by atoms with Crippen molar-refractivity contribution in [3.63, 3.8) is 0 Å². The van der Waals surface area contributed by atoms with Crippen molar-refractivity contribution in [1.29, 1.82) is 0 Å². The van der Waals surface area contributed by atoms with Crippen LogP contribution in [0.1, 0.15) is 25.3 Å². The maximum Gasteiger partial charge on any atom is 0.224 e. The number of hydrogen-bond donors (Lipinski definition) is 2. The van der Waals surface area contributed by atoms with Crippen molar-refractivity contribution in [2.75, 3.05) is 6.54 Å². The van der Waals surface area contributed by atoms with Crippen LogP contribution in [0, 0.1) is 11.6 Å². The van der Waals surface area contributed by atoms with Crippen molar-refractivity contribution in [3.8, 4) is 0 Å². The number of halogens is 2. The van der Waals surface area contributed by atoms with Gasteiger partial charge < -0.3 is 10.6 Å². The summed E-state index contributed by atoms with van der Waals surface area (Å²) in [5, 5.41) is 6.12. The summed E-state index contributed by atoms with van der Waals surface area (Å²) < 4.78 is 26.8. The third kappa shape index (κ3) is 3.73. The van der Waals surface area contributed by atoms with Crippen LogP contribution >= 0.6 is 0 Å². The lowest BCUT2D eigenvalue weighted by Crippen LogP contribution is -2.47. The first-order valence-corrected chi connectivity index (χ1v) is 6.52. The Morgan fingerprint density at radius 1 is 1.42 bits per heavy atom. The molecule has 0 aliphatic carbocycles. The molecule has 19 heavy (non-hydrogen) atoms. The highest BCUT2D eigenvalue weighted by Crippen LogP contribution is 2.13. The van der Waals surface area contributed by atoms with Crippen molar-refractivity contribution < 1.29 is 13.6 Å². The summed E-state index contributed by atoms with van der Waals surface area (Å²) in [6, 6.07) is 4.06. The molecule has 0 aromatic heterocycles. The topological polar surface area (TPSA) is 41.1 Å². The predicted molar refractivity (Wildman–Crippen MR) is 68.7 cm³/mol. The highest BCUT2D eigenvalue weighted by molar-refractivity contribution is 5.79. The van der Waals surface area contributed by atoms with Gasteiger partial charge in [-0.2, -0.15) is 0 Å². The van der Waals surface area contributed by atoms with Gasteiger partial charge in [-0.05, 0) is 38.4 Å². The van der Waals surface area contributed by atoms with Crippen molar-refractivity contribution >= 4 is 5.91 Å². The van der Waals surface area contributed by atoms with Crippen LogP contribution in [0.2, 0.25) is 0 Å². The third-order valence-corrected chi connectivity index (χ3v) is 3.39. The molecule has 0 bridgehead atoms. The van der Waals surface area contributed by atoms with Gasteiger partial charge in [0.15, 0.2) is 0 Å². The second-order valence-corrected chi connectivity index (χ2v) is 5.02. The molecule has 1 aromatic rings. The Morgan fingerprint density at radius 2 is 2.11 bits per heavy atom. The molecular weight excluding hydrogens is 250 g/mol. The van der Waals surface area contributed by atoms with E-state index in [1.807, 2.05) is 0 Å². The molecule has 104 valence electrons. The minimum absolute atomic E-state index is 0.0820. The number of benzene rings is 1. The van der Waals surface area contributed by atoms with Gasteiger partial charge in [0, 0.05) is 17.6 Å². The molecule has 2 unspecified atom stereocenters. The van der Waals surface area contributed by atoms with Crippen molar-refractivity contribution in [1.82, 2.24) is 10.6 Å². The number of carbonyl (C=O) groups excluding carboxylic acids is 1. The number of piperidine rings is 1. The maximum absolute atomic E-state index is 13.4. The van der Waals surface area contributed by atoms with Crippen LogP contribution in [0.3, 0.4) is 0 Å². The monoisotopic (exact) mass is 268 g/mol. The molecule has 2 atom stereocenters. The van der Waals surface area contributed by atoms with Gasteiger partial charge in [0.2, 0.25) is 5.91 Å². The summed E-state index contributed by atoms with van der Waals surface area (Å²) in [7, 11) is 0. The number of carbonyl (C=O) groups is 1. The fraction of sp³-hybridized carbons (Fsp3) is 0.500. The van der Waals surface area contributed by atoms with Crippen LogP contribution in [0.5, 0.6) is 0 Å². The second-order valence-electron chi connectivity index (χ2n) is 5.02. The summed E-state index contributed by atoms with van der Waals surface area (Å²) in [6.45, 7) is 2.90. The van der Waals surface area contributed by atoms with Gasteiger partial charge in [-0.1, -0.05) is 6.07 Å². The Labute approximate surface area is 111 Å². The molecule has 0 radical (unpaired) electrons. The smallest absolute Gasteiger partial charge is 0.224 e. The van der Waals surface area contributed by atoms with Crippen molar-refractivity contribution in [2.45, 2.75) is 38.3 Å². The molecule has 1 amide bonds. The molecule has 5 heteroatoms. The number of hydrogen-bond acceptors (Lipinski definition) is 2. The summed E-state index contributed by atoms with van der Waals surface area (Å²) >= 11 is 0. The molecule has 1 aliphatic rings. The molecule has 1 fully saturated rings. The molecule has 1 aromatic carbocycles. The maximum atomic E-state index is 13.4. The lowest BCUT2D eigenvalue weighted by Gasteiger charge is -2.28. The van der Waals surface area contributed by atoms with Gasteiger partial charge in [0.25, 0.3) is 0 Å². The molecule has 2 rings (SSSR count). The predicted octanol–water partition coefficient (Wildman–Crippen LogP) is 1.76. The molecular formula is C14H18F2N2O. The third-order valence-electron chi connectivity index (χ3n) is 3.39. The first kappa shape index (κ1) is 13.9. The van der Waals surface area contributed by atoms with E-state index in [4.69, 9.17) is 0 Å². The van der Waals surface area contributed by atoms with Crippen LogP contribution in [-0.2, 0) is 11.2 Å². The van der Waals surface area contributed by atoms with Crippen LogP contribution in [0.25, 0.3) is 0 Å². The number of amides is 1. The standard InChI is InChI=1S/C14H18F2N2O/c1-9-7-10(5-6-17-9)18-14(19)8-11-12(15)3-2-4-13(11)16/h2-4,9-10,17H,5-8H2,1H3,(H,18,19). The lowest BCUT2D eigenvalue weighted by atomic mass is 10.00. The average molecular weight is 268 g/mol. The van der Waals surface area contributed by atoms with Gasteiger partial charge in [-0.3, -0.25) is 4.79 Å². The fourth-order valence-electron chi connectivity index (χ4n) is 2.40. The Kier molecular flexibility index (Phi) is 4.47. The molecule has 1 heterocycles. The second kappa shape index (κ2) is 6.10. The minimum Gasteiger partial charge on any atom is -0.353 e. The van der Waals surface area contributed by atoms with Crippen LogP contribution in [0.4, 0.5) is 8.78 Å². The zero-order chi connectivity index (χ0) is 13.8. The van der Waals surface area contributed by atoms with Crippen LogP contribution < -0.4 is 10.6 Å². The summed E-state index contributed by atoms with van der Waals surface area (Å²) in [5.41, 5.74) is -0.165. The van der Waals surface area contributed by atoms with E-state index in [0.717, 1.165) is 31.5 Å². The number of rotatable bonds is 3. The van der Waals surface area contributed by atoms with E-state index in [2.05, 4.69) is 17.6 Å². The van der Waals surface area contributed by atoms with Crippen LogP contribution in [-0.4, -0.2) is 24.5 Å². The SMILES string of the molecule is CC1CC(NC(=O)Cc2c(F)cccc2F)CCN1. The highest BCUT2D eigenvalue weighted by Gasteiger charge is 2.21. The zero-order valence-corrected chi connectivity index (χ0v) is 10.9. The minimum atomic E-state index is -0.672. The Morgan fingerprint density at radius 3 is 2.74 bits per heavy atom. The first-order chi connectivity index (χ1) is 9.06. The largest absolute Gasteiger partial charge is 0.353 e. The Bertz CT molecular complexity index is 445. The molecule has 1 aliphatic heterocycles. The van der Waals surface area contributed by atoms with E-state index in [-0.39, 0.29) is 23.9 Å². The zero-order valence-electron chi connectivity index (χ0n) is 10.9. The fourth-order valence-corrected chi connectivity index (χ4v) is 2.40. The summed E-state index contributed by atoms with van der Waals surface area (Å²) in [4.78, 5) is 11.8. The van der Waals surface area contributed by atoms with Gasteiger partial charge >= 0.3 is 0 Å². The normalized spacial score (nSPS) is 23.1. The molecule has 3 nitrogen and oxygen atoms in total. The van der Waals surface area contributed by atoms with E-state index in [1.54, 1.807) is 0 Å². The van der Waals surface area contributed by atoms with E-state index in [1.165, 1.54) is 6.07 Å². The Balaban J connectivity index is 1.94.